The first-order valence-electron chi connectivity index (χ1n) is 11.1. The summed E-state index contributed by atoms with van der Waals surface area (Å²) < 4.78 is 11.6. The van der Waals surface area contributed by atoms with Crippen molar-refractivity contribution >= 4 is 28.9 Å². The summed E-state index contributed by atoms with van der Waals surface area (Å²) in [4.78, 5) is 12.7. The molecule has 3 rings (SSSR count). The molecule has 0 heterocycles. The summed E-state index contributed by atoms with van der Waals surface area (Å²) >= 11 is 5.31. The van der Waals surface area contributed by atoms with E-state index in [1.54, 1.807) is 18.2 Å². The van der Waals surface area contributed by atoms with Crippen molar-refractivity contribution in [2.45, 2.75) is 26.7 Å². The predicted octanol–water partition coefficient (Wildman–Crippen LogP) is 5.86. The summed E-state index contributed by atoms with van der Waals surface area (Å²) in [7, 11) is 0. The molecule has 0 fully saturated rings. The number of thiocarbonyl (C=S) groups is 1. The topological polar surface area (TPSA) is 59.6 Å². The number of anilines is 1. The third-order valence-corrected chi connectivity index (χ3v) is 4.97. The molecular weight excluding hydrogens is 432 g/mol. The van der Waals surface area contributed by atoms with E-state index in [1.165, 1.54) is 5.56 Å². The van der Waals surface area contributed by atoms with E-state index in [9.17, 15) is 4.79 Å². The molecule has 0 atom stereocenters. The summed E-state index contributed by atoms with van der Waals surface area (Å²) in [6.07, 6.45) is 1.93. The lowest BCUT2D eigenvalue weighted by atomic mass is 10.1. The fraction of sp³-hybridized carbons (Fsp3) is 0.259. The second-order valence-corrected chi connectivity index (χ2v) is 8.48. The first-order valence-corrected chi connectivity index (χ1v) is 11.5. The summed E-state index contributed by atoms with van der Waals surface area (Å²) in [5, 5.41) is 5.96. The van der Waals surface area contributed by atoms with Gasteiger partial charge in [-0.3, -0.25) is 10.1 Å². The zero-order valence-corrected chi connectivity index (χ0v) is 19.9. The monoisotopic (exact) mass is 462 g/mol. The predicted molar refractivity (Wildman–Crippen MR) is 137 cm³/mol. The summed E-state index contributed by atoms with van der Waals surface area (Å²) in [5.41, 5.74) is 2.52. The maximum absolute atomic E-state index is 12.7. The zero-order chi connectivity index (χ0) is 23.5. The zero-order valence-electron chi connectivity index (χ0n) is 19.0. The molecule has 3 aromatic carbocycles. The van der Waals surface area contributed by atoms with Gasteiger partial charge in [0.05, 0.1) is 18.8 Å². The van der Waals surface area contributed by atoms with Crippen LogP contribution in [0.15, 0.2) is 78.9 Å². The molecule has 0 saturated carbocycles. The molecule has 0 unspecified atom stereocenters. The fourth-order valence-electron chi connectivity index (χ4n) is 3.11. The number of benzene rings is 3. The molecule has 3 aromatic rings. The lowest BCUT2D eigenvalue weighted by Gasteiger charge is -2.14. The first-order chi connectivity index (χ1) is 16.0. The van der Waals surface area contributed by atoms with E-state index >= 15 is 0 Å². The maximum Gasteiger partial charge on any atom is 0.261 e. The Kier molecular flexibility index (Phi) is 9.27. The molecule has 0 aliphatic carbocycles. The lowest BCUT2D eigenvalue weighted by Crippen LogP contribution is -2.34. The SMILES string of the molecule is CC(C)COc1ccccc1C(=O)NC(=S)Nc1ccc(OCCCc2ccccc2)cc1. The second kappa shape index (κ2) is 12.6. The molecule has 0 spiro atoms. The fourth-order valence-corrected chi connectivity index (χ4v) is 3.33. The minimum Gasteiger partial charge on any atom is -0.494 e. The molecule has 172 valence electrons. The average molecular weight is 463 g/mol. The molecule has 0 radical (unpaired) electrons. The molecule has 1 amide bonds. The summed E-state index contributed by atoms with van der Waals surface area (Å²) in [5.74, 6) is 1.38. The van der Waals surface area contributed by atoms with Gasteiger partial charge >= 0.3 is 0 Å². The smallest absolute Gasteiger partial charge is 0.261 e. The van der Waals surface area contributed by atoms with Crippen LogP contribution in [0.4, 0.5) is 5.69 Å². The van der Waals surface area contributed by atoms with Gasteiger partial charge in [-0.15, -0.1) is 0 Å². The number of ether oxygens (including phenoxy) is 2. The van der Waals surface area contributed by atoms with Crippen molar-refractivity contribution in [3.63, 3.8) is 0 Å². The number of aryl methyl sites for hydroxylation is 1. The Labute approximate surface area is 201 Å². The molecular formula is C27H30N2O3S. The van der Waals surface area contributed by atoms with Gasteiger partial charge in [-0.1, -0.05) is 56.3 Å². The molecule has 0 aromatic heterocycles. The highest BCUT2D eigenvalue weighted by Gasteiger charge is 2.14. The van der Waals surface area contributed by atoms with Crippen LogP contribution in [0.1, 0.15) is 36.2 Å². The number of rotatable bonds is 10. The van der Waals surface area contributed by atoms with Crippen LogP contribution in [0.2, 0.25) is 0 Å². The van der Waals surface area contributed by atoms with Crippen molar-refractivity contribution in [2.75, 3.05) is 18.5 Å². The first kappa shape index (κ1) is 24.3. The van der Waals surface area contributed by atoms with Crippen molar-refractivity contribution < 1.29 is 14.3 Å². The van der Waals surface area contributed by atoms with Crippen molar-refractivity contribution in [1.29, 1.82) is 0 Å². The third-order valence-electron chi connectivity index (χ3n) is 4.76. The van der Waals surface area contributed by atoms with Gasteiger partial charge in [0.15, 0.2) is 5.11 Å². The van der Waals surface area contributed by atoms with E-state index in [-0.39, 0.29) is 11.0 Å². The van der Waals surface area contributed by atoms with Crippen LogP contribution >= 0.6 is 12.2 Å². The Hall–Kier alpha value is -3.38. The van der Waals surface area contributed by atoms with Gasteiger partial charge < -0.3 is 14.8 Å². The van der Waals surface area contributed by atoms with Crippen LogP contribution in [0.5, 0.6) is 11.5 Å². The van der Waals surface area contributed by atoms with Crippen molar-refractivity contribution in [2.24, 2.45) is 5.92 Å². The van der Waals surface area contributed by atoms with Crippen LogP contribution in [-0.2, 0) is 6.42 Å². The lowest BCUT2D eigenvalue weighted by molar-refractivity contribution is 0.0973. The van der Waals surface area contributed by atoms with E-state index in [2.05, 4.69) is 36.6 Å². The van der Waals surface area contributed by atoms with E-state index < -0.39 is 0 Å². The highest BCUT2D eigenvalue weighted by atomic mass is 32.1. The van der Waals surface area contributed by atoms with E-state index in [1.807, 2.05) is 48.5 Å². The summed E-state index contributed by atoms with van der Waals surface area (Å²) in [6.45, 7) is 5.30. The number of carbonyl (C=O) groups excluding carboxylic acids is 1. The number of carbonyl (C=O) groups is 1. The van der Waals surface area contributed by atoms with E-state index in [0.29, 0.717) is 30.4 Å². The molecule has 0 bridgehead atoms. The van der Waals surface area contributed by atoms with Gasteiger partial charge in [0.25, 0.3) is 5.91 Å². The minimum absolute atomic E-state index is 0.218. The number of hydrogen-bond donors (Lipinski definition) is 2. The minimum atomic E-state index is -0.315. The largest absolute Gasteiger partial charge is 0.494 e. The molecule has 6 heteroatoms. The van der Waals surface area contributed by atoms with Gasteiger partial charge in [-0.25, -0.2) is 0 Å². The Balaban J connectivity index is 1.45. The van der Waals surface area contributed by atoms with Gasteiger partial charge in [-0.05, 0) is 72.9 Å². The normalized spacial score (nSPS) is 10.5. The van der Waals surface area contributed by atoms with Crippen molar-refractivity contribution in [3.05, 3.63) is 90.0 Å². The maximum atomic E-state index is 12.7. The third kappa shape index (κ3) is 8.24. The van der Waals surface area contributed by atoms with Gasteiger partial charge in [0, 0.05) is 5.69 Å². The number of hydrogen-bond acceptors (Lipinski definition) is 4. The standard InChI is InChI=1S/C27H30N2O3S/c1-20(2)19-32-25-13-7-6-12-24(25)26(30)29-27(33)28-22-14-16-23(17-15-22)31-18-8-11-21-9-4-3-5-10-21/h3-7,9-10,12-17,20H,8,11,18-19H2,1-2H3,(H2,28,29,30,33). The van der Waals surface area contributed by atoms with Gasteiger partial charge in [0.1, 0.15) is 11.5 Å². The Morgan fingerprint density at radius 2 is 1.61 bits per heavy atom. The quantitative estimate of drug-likeness (QED) is 0.292. The van der Waals surface area contributed by atoms with Crippen molar-refractivity contribution in [3.8, 4) is 11.5 Å². The van der Waals surface area contributed by atoms with Crippen LogP contribution in [0.3, 0.4) is 0 Å². The van der Waals surface area contributed by atoms with Crippen LogP contribution in [0, 0.1) is 5.92 Å². The molecule has 2 N–H and O–H groups in total. The molecule has 0 aliphatic heterocycles. The molecule has 5 nitrogen and oxygen atoms in total. The van der Waals surface area contributed by atoms with Crippen LogP contribution < -0.4 is 20.1 Å². The van der Waals surface area contributed by atoms with Gasteiger partial charge in [0.2, 0.25) is 0 Å². The average Bonchev–Trinajstić information content (AvgIpc) is 2.82. The Morgan fingerprint density at radius 3 is 2.33 bits per heavy atom. The van der Waals surface area contributed by atoms with Crippen molar-refractivity contribution in [1.82, 2.24) is 5.32 Å². The highest BCUT2D eigenvalue weighted by molar-refractivity contribution is 7.80. The number of amides is 1. The van der Waals surface area contributed by atoms with Crippen LogP contribution in [-0.4, -0.2) is 24.2 Å². The number of nitrogens with one attached hydrogen (secondary N) is 2. The Morgan fingerprint density at radius 1 is 0.909 bits per heavy atom. The highest BCUT2D eigenvalue weighted by Crippen LogP contribution is 2.19. The number of para-hydroxylation sites is 1. The van der Waals surface area contributed by atoms with Gasteiger partial charge in [-0.2, -0.15) is 0 Å². The van der Waals surface area contributed by atoms with E-state index in [4.69, 9.17) is 21.7 Å². The summed E-state index contributed by atoms with van der Waals surface area (Å²) in [6, 6.07) is 25.0. The molecule has 33 heavy (non-hydrogen) atoms. The van der Waals surface area contributed by atoms with E-state index in [0.717, 1.165) is 24.3 Å². The molecule has 0 saturated heterocycles. The second-order valence-electron chi connectivity index (χ2n) is 8.07. The molecule has 0 aliphatic rings. The Bertz CT molecular complexity index is 1040. The van der Waals surface area contributed by atoms with Crippen LogP contribution in [0.25, 0.3) is 0 Å².